The van der Waals surface area contributed by atoms with Gasteiger partial charge in [-0.15, -0.1) is 0 Å². The van der Waals surface area contributed by atoms with Crippen molar-refractivity contribution in [3.8, 4) is 0 Å². The molecule has 1 N–H and O–H groups in total. The number of carbonyl (C=O) groups excluding carboxylic acids is 1. The maximum atomic E-state index is 12.7. The van der Waals surface area contributed by atoms with Gasteiger partial charge in [0.25, 0.3) is 10.1 Å². The molecule has 2 aromatic carbocycles. The molecule has 9 heteroatoms. The molecule has 1 saturated heterocycles. The molecule has 0 aromatic heterocycles. The van der Waals surface area contributed by atoms with Crippen LogP contribution in [0.25, 0.3) is 0 Å². The summed E-state index contributed by atoms with van der Waals surface area (Å²) in [5, 5.41) is 10.8. The van der Waals surface area contributed by atoms with Crippen LogP contribution in [0.3, 0.4) is 0 Å². The Hall–Kier alpha value is -2.30. The fourth-order valence-corrected chi connectivity index (χ4v) is 4.20. The van der Waals surface area contributed by atoms with Gasteiger partial charge in [-0.1, -0.05) is 35.9 Å². The third kappa shape index (κ3) is 4.88. The first-order valence-electron chi connectivity index (χ1n) is 9.35. The van der Waals surface area contributed by atoms with Crippen molar-refractivity contribution >= 4 is 16.1 Å². The summed E-state index contributed by atoms with van der Waals surface area (Å²) >= 11 is 0. The number of benzene rings is 2. The van der Waals surface area contributed by atoms with Gasteiger partial charge in [-0.2, -0.15) is 8.42 Å². The van der Waals surface area contributed by atoms with Gasteiger partial charge in [0, 0.05) is 7.11 Å². The minimum atomic E-state index is -4.23. The van der Waals surface area contributed by atoms with Gasteiger partial charge >= 0.3 is 5.97 Å². The van der Waals surface area contributed by atoms with Gasteiger partial charge in [0.05, 0.1) is 16.6 Å². The van der Waals surface area contributed by atoms with Crippen molar-refractivity contribution < 1.29 is 36.7 Å². The van der Waals surface area contributed by atoms with Gasteiger partial charge in [0.15, 0.2) is 18.5 Å². The Morgan fingerprint density at radius 3 is 2.27 bits per heavy atom. The highest BCUT2D eigenvalue weighted by atomic mass is 32.2. The summed E-state index contributed by atoms with van der Waals surface area (Å²) in [6.45, 7) is 3.41. The Morgan fingerprint density at radius 2 is 1.67 bits per heavy atom. The van der Waals surface area contributed by atoms with Gasteiger partial charge in [-0.3, -0.25) is 4.18 Å². The van der Waals surface area contributed by atoms with E-state index in [0.29, 0.717) is 0 Å². The standard InChI is InChI=1S/C21H24O8S/c1-13-9-11-16(12-10-13)30(24,25)29-19-17(22)18(14(2)27-21(19)26-3)28-20(23)15-7-5-4-6-8-15/h4-12,14,17-19,21-22H,1-3H3/t14-,17+,18-,19+,21+/m1/s1. The number of carbonyl (C=O) groups is 1. The molecule has 2 aromatic rings. The summed E-state index contributed by atoms with van der Waals surface area (Å²) in [4.78, 5) is 12.3. The first-order valence-corrected chi connectivity index (χ1v) is 10.8. The number of aryl methyl sites for hydroxylation is 1. The second kappa shape index (κ2) is 9.23. The van der Waals surface area contributed by atoms with E-state index in [2.05, 4.69) is 0 Å². The predicted octanol–water partition coefficient (Wildman–Crippen LogP) is 2.05. The number of hydrogen-bond donors (Lipinski definition) is 1. The molecular formula is C21H24O8S. The molecule has 1 heterocycles. The number of ether oxygens (including phenoxy) is 3. The molecule has 1 aliphatic heterocycles. The smallest absolute Gasteiger partial charge is 0.338 e. The molecule has 30 heavy (non-hydrogen) atoms. The van der Waals surface area contributed by atoms with Crippen LogP contribution in [0.15, 0.2) is 59.5 Å². The number of hydrogen-bond acceptors (Lipinski definition) is 8. The number of aliphatic hydroxyl groups excluding tert-OH is 1. The lowest BCUT2D eigenvalue weighted by Crippen LogP contribution is -2.59. The average Bonchev–Trinajstić information content (AvgIpc) is 2.73. The minimum absolute atomic E-state index is 0.0772. The first kappa shape index (κ1) is 22.4. The van der Waals surface area contributed by atoms with Crippen molar-refractivity contribution in [1.82, 2.24) is 0 Å². The summed E-state index contributed by atoms with van der Waals surface area (Å²) in [5.74, 6) is -0.675. The zero-order valence-electron chi connectivity index (χ0n) is 16.8. The van der Waals surface area contributed by atoms with Crippen molar-refractivity contribution in [1.29, 1.82) is 0 Å². The Morgan fingerprint density at radius 1 is 1.03 bits per heavy atom. The van der Waals surface area contributed by atoms with Gasteiger partial charge in [-0.25, -0.2) is 4.79 Å². The zero-order chi connectivity index (χ0) is 21.9. The zero-order valence-corrected chi connectivity index (χ0v) is 17.6. The highest BCUT2D eigenvalue weighted by molar-refractivity contribution is 7.86. The fraction of sp³-hybridized carbons (Fsp3) is 0.381. The van der Waals surface area contributed by atoms with Crippen molar-refractivity contribution in [3.05, 3.63) is 65.7 Å². The van der Waals surface area contributed by atoms with Gasteiger partial charge in [0.1, 0.15) is 6.10 Å². The van der Waals surface area contributed by atoms with Crippen LogP contribution in [0.5, 0.6) is 0 Å². The summed E-state index contributed by atoms with van der Waals surface area (Å²) < 4.78 is 46.9. The monoisotopic (exact) mass is 436 g/mol. The molecule has 1 fully saturated rings. The van der Waals surface area contributed by atoms with E-state index < -0.39 is 46.8 Å². The average molecular weight is 436 g/mol. The van der Waals surface area contributed by atoms with Gasteiger partial charge in [0.2, 0.25) is 0 Å². The molecule has 0 unspecified atom stereocenters. The summed E-state index contributed by atoms with van der Waals surface area (Å²) in [7, 11) is -2.93. The number of aliphatic hydroxyl groups is 1. The summed E-state index contributed by atoms with van der Waals surface area (Å²) in [6, 6.07) is 14.3. The minimum Gasteiger partial charge on any atom is -0.453 e. The fourth-order valence-electron chi connectivity index (χ4n) is 3.12. The molecule has 162 valence electrons. The molecule has 0 saturated carbocycles. The Bertz CT molecular complexity index is 958. The molecule has 0 aliphatic carbocycles. The lowest BCUT2D eigenvalue weighted by Gasteiger charge is -2.41. The SMILES string of the molecule is CO[C@H]1O[C@H](C)[C@@H](OC(=O)c2ccccc2)[C@H](O)[C@@H]1OS(=O)(=O)c1ccc(C)cc1. The molecule has 0 bridgehead atoms. The number of esters is 1. The third-order valence-electron chi connectivity index (χ3n) is 4.79. The summed E-state index contributed by atoms with van der Waals surface area (Å²) in [6.07, 6.45) is -6.05. The molecule has 8 nitrogen and oxygen atoms in total. The Balaban J connectivity index is 1.81. The second-order valence-corrected chi connectivity index (χ2v) is 8.57. The molecule has 3 rings (SSSR count). The topological polar surface area (TPSA) is 108 Å². The first-order chi connectivity index (χ1) is 14.2. The van der Waals surface area contributed by atoms with Gasteiger partial charge < -0.3 is 19.3 Å². The van der Waals surface area contributed by atoms with Crippen LogP contribution in [0.2, 0.25) is 0 Å². The number of rotatable bonds is 6. The highest BCUT2D eigenvalue weighted by Crippen LogP contribution is 2.29. The van der Waals surface area contributed by atoms with Crippen LogP contribution in [-0.2, 0) is 28.5 Å². The molecule has 1 aliphatic rings. The number of methoxy groups -OCH3 is 1. The van der Waals surface area contributed by atoms with Crippen molar-refractivity contribution in [3.63, 3.8) is 0 Å². The van der Waals surface area contributed by atoms with E-state index >= 15 is 0 Å². The van der Waals surface area contributed by atoms with Crippen LogP contribution in [0.1, 0.15) is 22.8 Å². The van der Waals surface area contributed by atoms with Crippen LogP contribution in [0, 0.1) is 6.92 Å². The Kier molecular flexibility index (Phi) is 6.89. The van der Waals surface area contributed by atoms with Crippen molar-refractivity contribution in [2.75, 3.05) is 7.11 Å². The molecule has 0 amide bonds. The van der Waals surface area contributed by atoms with E-state index in [0.717, 1.165) is 5.56 Å². The van der Waals surface area contributed by atoms with E-state index in [1.165, 1.54) is 19.2 Å². The van der Waals surface area contributed by atoms with E-state index in [-0.39, 0.29) is 10.5 Å². The predicted molar refractivity (Wildman–Crippen MR) is 106 cm³/mol. The van der Waals surface area contributed by atoms with Crippen LogP contribution in [-0.4, -0.2) is 57.3 Å². The third-order valence-corrected chi connectivity index (χ3v) is 6.11. The van der Waals surface area contributed by atoms with E-state index in [1.807, 2.05) is 6.92 Å². The van der Waals surface area contributed by atoms with E-state index in [4.69, 9.17) is 18.4 Å². The molecular weight excluding hydrogens is 412 g/mol. The van der Waals surface area contributed by atoms with Crippen LogP contribution < -0.4 is 0 Å². The van der Waals surface area contributed by atoms with Crippen LogP contribution in [0.4, 0.5) is 0 Å². The second-order valence-electron chi connectivity index (χ2n) is 7.00. The normalized spacial score (nSPS) is 26.9. The van der Waals surface area contributed by atoms with Crippen molar-refractivity contribution in [2.24, 2.45) is 0 Å². The highest BCUT2D eigenvalue weighted by Gasteiger charge is 2.48. The molecule has 5 atom stereocenters. The molecule has 0 radical (unpaired) electrons. The lowest BCUT2D eigenvalue weighted by atomic mass is 9.99. The maximum absolute atomic E-state index is 12.7. The maximum Gasteiger partial charge on any atom is 0.338 e. The Labute approximate surface area is 175 Å². The van der Waals surface area contributed by atoms with E-state index in [9.17, 15) is 18.3 Å². The molecule has 0 spiro atoms. The lowest BCUT2D eigenvalue weighted by molar-refractivity contribution is -0.278. The van der Waals surface area contributed by atoms with Crippen LogP contribution >= 0.6 is 0 Å². The van der Waals surface area contributed by atoms with Crippen molar-refractivity contribution in [2.45, 2.75) is 49.4 Å². The summed E-state index contributed by atoms with van der Waals surface area (Å²) in [5.41, 5.74) is 1.17. The largest absolute Gasteiger partial charge is 0.453 e. The van der Waals surface area contributed by atoms with Gasteiger partial charge in [-0.05, 0) is 38.1 Å². The van der Waals surface area contributed by atoms with E-state index in [1.54, 1.807) is 49.4 Å². The quantitative estimate of drug-likeness (QED) is 0.541.